The summed E-state index contributed by atoms with van der Waals surface area (Å²) < 4.78 is 13.6. The summed E-state index contributed by atoms with van der Waals surface area (Å²) in [5.74, 6) is -0.845. The summed E-state index contributed by atoms with van der Waals surface area (Å²) in [5.41, 5.74) is 0. The van der Waals surface area contributed by atoms with Crippen molar-refractivity contribution in [2.24, 2.45) is 0 Å². The number of rotatable bonds is 6. The number of hydrogen-bond acceptors (Lipinski definition) is 4. The number of aliphatic carboxylic acids is 1. The van der Waals surface area contributed by atoms with Crippen LogP contribution in [-0.4, -0.2) is 59.8 Å². The number of nitrogens with zero attached hydrogens (tertiary/aromatic N) is 2. The number of thiophene rings is 1. The Kier molecular flexibility index (Phi) is 4.90. The maximum Gasteiger partial charge on any atom is 0.317 e. The van der Waals surface area contributed by atoms with Gasteiger partial charge < -0.3 is 5.11 Å². The molecule has 106 valence electrons. The van der Waals surface area contributed by atoms with Crippen molar-refractivity contribution in [2.45, 2.75) is 25.2 Å². The molecule has 0 saturated carbocycles. The molecule has 0 aromatic carbocycles. The highest BCUT2D eigenvalue weighted by Gasteiger charge is 2.32. The molecule has 0 amide bonds. The maximum atomic E-state index is 13.6. The number of hydrogen-bond donors (Lipinski definition) is 1. The number of halogens is 1. The van der Waals surface area contributed by atoms with E-state index in [4.69, 9.17) is 5.11 Å². The molecule has 1 aliphatic rings. The number of alkyl halides is 1. The third-order valence-corrected chi connectivity index (χ3v) is 4.20. The third kappa shape index (κ3) is 4.26. The second-order valence-electron chi connectivity index (χ2n) is 5.09. The highest BCUT2D eigenvalue weighted by Crippen LogP contribution is 2.24. The second kappa shape index (κ2) is 6.45. The van der Waals surface area contributed by atoms with Crippen LogP contribution in [0.5, 0.6) is 0 Å². The molecule has 2 atom stereocenters. The van der Waals surface area contributed by atoms with Gasteiger partial charge in [0.15, 0.2) is 0 Å². The lowest BCUT2D eigenvalue weighted by Gasteiger charge is -2.27. The standard InChI is InChI=1S/C13H19FN2O2S/c1-15(9-13(17)18)7-11-5-10(14)6-16(11)8-12-3-2-4-19-12/h2-4,10-11H,5-9H2,1H3,(H,17,18)/t10-,11-/m0/s1. The monoisotopic (exact) mass is 286 g/mol. The van der Waals surface area contributed by atoms with Gasteiger partial charge in [0.25, 0.3) is 0 Å². The molecule has 1 saturated heterocycles. The summed E-state index contributed by atoms with van der Waals surface area (Å²) in [6.07, 6.45) is -0.307. The van der Waals surface area contributed by atoms with Crippen LogP contribution in [0, 0.1) is 0 Å². The molecule has 1 aliphatic heterocycles. The van der Waals surface area contributed by atoms with E-state index in [1.807, 2.05) is 17.5 Å². The summed E-state index contributed by atoms with van der Waals surface area (Å²) in [6.45, 7) is 1.80. The molecule has 6 heteroatoms. The van der Waals surface area contributed by atoms with Crippen molar-refractivity contribution >= 4 is 17.3 Å². The molecule has 0 aliphatic carbocycles. The van der Waals surface area contributed by atoms with Crippen molar-refractivity contribution in [1.29, 1.82) is 0 Å². The normalized spacial score (nSPS) is 24.2. The highest BCUT2D eigenvalue weighted by molar-refractivity contribution is 7.09. The maximum absolute atomic E-state index is 13.6. The Morgan fingerprint density at radius 3 is 3.11 bits per heavy atom. The van der Waals surface area contributed by atoms with Crippen LogP contribution < -0.4 is 0 Å². The van der Waals surface area contributed by atoms with Crippen LogP contribution in [0.4, 0.5) is 4.39 Å². The average molecular weight is 286 g/mol. The van der Waals surface area contributed by atoms with E-state index in [0.717, 1.165) is 6.54 Å². The summed E-state index contributed by atoms with van der Waals surface area (Å²) >= 11 is 1.67. The Balaban J connectivity index is 1.91. The Bertz CT molecular complexity index is 413. The number of likely N-dealkylation sites (N-methyl/N-ethyl adjacent to an activating group) is 1. The fourth-order valence-electron chi connectivity index (χ4n) is 2.56. The van der Waals surface area contributed by atoms with Gasteiger partial charge in [-0.2, -0.15) is 0 Å². The van der Waals surface area contributed by atoms with Crippen molar-refractivity contribution < 1.29 is 14.3 Å². The molecular weight excluding hydrogens is 267 g/mol. The van der Waals surface area contributed by atoms with Crippen molar-refractivity contribution in [1.82, 2.24) is 9.80 Å². The van der Waals surface area contributed by atoms with E-state index >= 15 is 0 Å². The summed E-state index contributed by atoms with van der Waals surface area (Å²) in [4.78, 5) is 15.7. The van der Waals surface area contributed by atoms with Crippen LogP contribution in [0.25, 0.3) is 0 Å². The predicted molar refractivity (Wildman–Crippen MR) is 73.2 cm³/mol. The summed E-state index contributed by atoms with van der Waals surface area (Å²) in [5, 5.41) is 10.8. The van der Waals surface area contributed by atoms with Crippen LogP contribution in [0.2, 0.25) is 0 Å². The number of likely N-dealkylation sites (tertiary alicyclic amines) is 1. The molecule has 4 nitrogen and oxygen atoms in total. The van der Waals surface area contributed by atoms with Crippen LogP contribution in [-0.2, 0) is 11.3 Å². The Morgan fingerprint density at radius 1 is 1.68 bits per heavy atom. The molecule has 0 bridgehead atoms. The van der Waals surface area contributed by atoms with E-state index < -0.39 is 12.1 Å². The predicted octanol–water partition coefficient (Wildman–Crippen LogP) is 1.68. The van der Waals surface area contributed by atoms with Gasteiger partial charge in [0, 0.05) is 30.6 Å². The van der Waals surface area contributed by atoms with Crippen LogP contribution in [0.3, 0.4) is 0 Å². The van der Waals surface area contributed by atoms with Crippen molar-refractivity contribution in [3.8, 4) is 0 Å². The van der Waals surface area contributed by atoms with E-state index in [1.165, 1.54) is 4.88 Å². The van der Waals surface area contributed by atoms with Gasteiger partial charge in [-0.1, -0.05) is 6.07 Å². The van der Waals surface area contributed by atoms with E-state index in [1.54, 1.807) is 23.3 Å². The molecule has 0 unspecified atom stereocenters. The molecule has 1 N–H and O–H groups in total. The fourth-order valence-corrected chi connectivity index (χ4v) is 3.29. The average Bonchev–Trinajstić information content (AvgIpc) is 2.89. The number of carbonyl (C=O) groups is 1. The zero-order valence-electron chi connectivity index (χ0n) is 11.0. The lowest BCUT2D eigenvalue weighted by atomic mass is 10.2. The van der Waals surface area contributed by atoms with Gasteiger partial charge >= 0.3 is 5.97 Å². The summed E-state index contributed by atoms with van der Waals surface area (Å²) in [7, 11) is 1.77. The molecule has 1 aromatic heterocycles. The second-order valence-corrected chi connectivity index (χ2v) is 6.12. The smallest absolute Gasteiger partial charge is 0.317 e. The largest absolute Gasteiger partial charge is 0.480 e. The number of carboxylic acids is 1. The molecule has 2 rings (SSSR count). The topological polar surface area (TPSA) is 43.8 Å². The first-order valence-electron chi connectivity index (χ1n) is 6.35. The minimum absolute atomic E-state index is 0.000292. The van der Waals surface area contributed by atoms with Gasteiger partial charge in [0.1, 0.15) is 6.17 Å². The lowest BCUT2D eigenvalue weighted by Crippen LogP contribution is -2.40. The first kappa shape index (κ1) is 14.4. The van der Waals surface area contributed by atoms with Gasteiger partial charge in [0.05, 0.1) is 6.54 Å². The Morgan fingerprint density at radius 2 is 2.47 bits per heavy atom. The quantitative estimate of drug-likeness (QED) is 0.864. The minimum Gasteiger partial charge on any atom is -0.480 e. The van der Waals surface area contributed by atoms with Crippen LogP contribution in [0.15, 0.2) is 17.5 Å². The lowest BCUT2D eigenvalue weighted by molar-refractivity contribution is -0.138. The van der Waals surface area contributed by atoms with Gasteiger partial charge in [-0.3, -0.25) is 14.6 Å². The van der Waals surface area contributed by atoms with Gasteiger partial charge in [0.2, 0.25) is 0 Å². The van der Waals surface area contributed by atoms with Gasteiger partial charge in [-0.05, 0) is 24.9 Å². The van der Waals surface area contributed by atoms with Crippen molar-refractivity contribution in [3.05, 3.63) is 22.4 Å². The van der Waals surface area contributed by atoms with Crippen LogP contribution in [0.1, 0.15) is 11.3 Å². The first-order chi connectivity index (χ1) is 9.04. The number of carboxylic acid groups (broad SMARTS) is 1. The highest BCUT2D eigenvalue weighted by atomic mass is 32.1. The fraction of sp³-hybridized carbons (Fsp3) is 0.615. The SMILES string of the molecule is CN(CC(=O)O)C[C@@H]1C[C@H](F)CN1Cc1cccs1. The van der Waals surface area contributed by atoms with Crippen LogP contribution >= 0.6 is 11.3 Å². The first-order valence-corrected chi connectivity index (χ1v) is 7.23. The molecular formula is C13H19FN2O2S. The Labute approximate surface area is 116 Å². The summed E-state index contributed by atoms with van der Waals surface area (Å²) in [6, 6.07) is 4.14. The molecule has 2 heterocycles. The zero-order chi connectivity index (χ0) is 13.8. The molecule has 0 radical (unpaired) electrons. The van der Waals surface area contributed by atoms with E-state index in [9.17, 15) is 9.18 Å². The van der Waals surface area contributed by atoms with Crippen molar-refractivity contribution in [3.63, 3.8) is 0 Å². The van der Waals surface area contributed by atoms with E-state index in [0.29, 0.717) is 19.5 Å². The molecule has 1 aromatic rings. The van der Waals surface area contributed by atoms with E-state index in [-0.39, 0.29) is 12.6 Å². The van der Waals surface area contributed by atoms with Crippen molar-refractivity contribution in [2.75, 3.05) is 26.7 Å². The minimum atomic E-state index is -0.845. The van der Waals surface area contributed by atoms with Gasteiger partial charge in [-0.25, -0.2) is 4.39 Å². The Hall–Kier alpha value is -0.980. The third-order valence-electron chi connectivity index (χ3n) is 3.34. The molecule has 19 heavy (non-hydrogen) atoms. The molecule has 1 fully saturated rings. The van der Waals surface area contributed by atoms with E-state index in [2.05, 4.69) is 4.90 Å². The van der Waals surface area contributed by atoms with Gasteiger partial charge in [-0.15, -0.1) is 11.3 Å². The molecule has 0 spiro atoms. The zero-order valence-corrected chi connectivity index (χ0v) is 11.8.